The summed E-state index contributed by atoms with van der Waals surface area (Å²) >= 11 is 6.01. The molecule has 1 rings (SSSR count). The van der Waals surface area contributed by atoms with E-state index in [0.717, 1.165) is 12.1 Å². The molecular weight excluding hydrogens is 362 g/mol. The summed E-state index contributed by atoms with van der Waals surface area (Å²) in [6.07, 6.45) is 2.77. The molecule has 5 nitrogen and oxygen atoms in total. The van der Waals surface area contributed by atoms with Crippen LogP contribution < -0.4 is 0 Å². The summed E-state index contributed by atoms with van der Waals surface area (Å²) in [6.45, 7) is 13.2. The molecule has 0 saturated heterocycles. The van der Waals surface area contributed by atoms with Gasteiger partial charge in [0, 0.05) is 37.4 Å². The van der Waals surface area contributed by atoms with Gasteiger partial charge >= 0.3 is 0 Å². The smallest absolute Gasteiger partial charge is 0.242 e. The van der Waals surface area contributed by atoms with E-state index in [1.165, 1.54) is 0 Å². The fourth-order valence-corrected chi connectivity index (χ4v) is 3.01. The van der Waals surface area contributed by atoms with Crippen LogP contribution >= 0.6 is 11.6 Å². The van der Waals surface area contributed by atoms with Crippen molar-refractivity contribution < 1.29 is 9.59 Å². The van der Waals surface area contributed by atoms with E-state index in [4.69, 9.17) is 11.6 Å². The van der Waals surface area contributed by atoms with Crippen LogP contribution in [0.4, 0.5) is 0 Å². The molecule has 0 spiro atoms. The number of aromatic nitrogens is 1. The van der Waals surface area contributed by atoms with E-state index < -0.39 is 5.41 Å². The van der Waals surface area contributed by atoms with Crippen molar-refractivity contribution in [3.05, 3.63) is 24.0 Å². The Hall–Kier alpha value is -1.49. The second-order valence-electron chi connectivity index (χ2n) is 8.49. The summed E-state index contributed by atoms with van der Waals surface area (Å²) in [6, 6.07) is 3.99. The predicted octanol–water partition coefficient (Wildman–Crippen LogP) is 3.90. The van der Waals surface area contributed by atoms with Crippen molar-refractivity contribution in [2.24, 2.45) is 18.4 Å². The highest BCUT2D eigenvalue weighted by atomic mass is 35.5. The monoisotopic (exact) mass is 397 g/mol. The maximum Gasteiger partial charge on any atom is 0.242 e. The van der Waals surface area contributed by atoms with E-state index in [1.54, 1.807) is 4.90 Å². The molecule has 2 amide bonds. The van der Waals surface area contributed by atoms with Crippen molar-refractivity contribution in [3.63, 3.8) is 0 Å². The molecule has 0 aromatic carbocycles. The number of hydrogen-bond donors (Lipinski definition) is 0. The lowest BCUT2D eigenvalue weighted by molar-refractivity contribution is -0.148. The average Bonchev–Trinajstić information content (AvgIpc) is 3.01. The van der Waals surface area contributed by atoms with E-state index in [9.17, 15) is 9.59 Å². The molecule has 0 radical (unpaired) electrons. The Morgan fingerprint density at radius 1 is 1.26 bits per heavy atom. The SMILES string of the molecule is CCC(C)N(CC(=O)N(Cc1cccn1C)CC(C)C)C(=O)C(C)(C)CCl. The van der Waals surface area contributed by atoms with Crippen molar-refractivity contribution in [1.82, 2.24) is 14.4 Å². The van der Waals surface area contributed by atoms with E-state index in [0.29, 0.717) is 19.0 Å². The quantitative estimate of drug-likeness (QED) is 0.562. The Bertz CT molecular complexity index is 625. The number of nitrogens with zero attached hydrogens (tertiary/aromatic N) is 3. The van der Waals surface area contributed by atoms with Gasteiger partial charge in [0.1, 0.15) is 6.54 Å². The third-order valence-corrected chi connectivity index (χ3v) is 5.61. The molecule has 0 aliphatic heterocycles. The highest BCUT2D eigenvalue weighted by molar-refractivity contribution is 6.19. The normalized spacial score (nSPS) is 12.9. The fraction of sp³-hybridized carbons (Fsp3) is 0.714. The molecule has 6 heteroatoms. The van der Waals surface area contributed by atoms with Crippen LogP contribution in [0.25, 0.3) is 0 Å². The van der Waals surface area contributed by atoms with E-state index in [-0.39, 0.29) is 30.3 Å². The molecule has 154 valence electrons. The van der Waals surface area contributed by atoms with Crippen LogP contribution in [0.3, 0.4) is 0 Å². The molecule has 0 saturated carbocycles. The first-order chi connectivity index (χ1) is 12.5. The lowest BCUT2D eigenvalue weighted by Crippen LogP contribution is -2.51. The van der Waals surface area contributed by atoms with Crippen molar-refractivity contribution in [2.75, 3.05) is 19.0 Å². The van der Waals surface area contributed by atoms with Crippen LogP contribution in [0.2, 0.25) is 0 Å². The lowest BCUT2D eigenvalue weighted by Gasteiger charge is -2.36. The van der Waals surface area contributed by atoms with Gasteiger partial charge in [-0.1, -0.05) is 20.8 Å². The Morgan fingerprint density at radius 3 is 2.33 bits per heavy atom. The minimum atomic E-state index is -0.688. The summed E-state index contributed by atoms with van der Waals surface area (Å²) in [5.41, 5.74) is 0.387. The molecule has 1 heterocycles. The van der Waals surface area contributed by atoms with Crippen molar-refractivity contribution in [1.29, 1.82) is 0 Å². The first-order valence-electron chi connectivity index (χ1n) is 9.78. The molecule has 27 heavy (non-hydrogen) atoms. The zero-order chi connectivity index (χ0) is 20.8. The summed E-state index contributed by atoms with van der Waals surface area (Å²) in [4.78, 5) is 29.7. The van der Waals surface area contributed by atoms with Gasteiger partial charge in [-0.2, -0.15) is 0 Å². The van der Waals surface area contributed by atoms with Gasteiger partial charge in [0.25, 0.3) is 0 Å². The van der Waals surface area contributed by atoms with Crippen LogP contribution in [0.5, 0.6) is 0 Å². The van der Waals surface area contributed by atoms with Gasteiger partial charge in [-0.15, -0.1) is 11.6 Å². The minimum absolute atomic E-state index is 0.0140. The van der Waals surface area contributed by atoms with Gasteiger partial charge in [-0.05, 0) is 45.2 Å². The number of carbonyl (C=O) groups excluding carboxylic acids is 2. The van der Waals surface area contributed by atoms with Gasteiger partial charge in [0.15, 0.2) is 0 Å². The molecule has 0 bridgehead atoms. The van der Waals surface area contributed by atoms with Crippen LogP contribution in [-0.2, 0) is 23.2 Å². The van der Waals surface area contributed by atoms with Crippen LogP contribution in [0, 0.1) is 11.3 Å². The molecule has 1 atom stereocenters. The topological polar surface area (TPSA) is 45.6 Å². The van der Waals surface area contributed by atoms with Crippen LogP contribution in [-0.4, -0.2) is 51.2 Å². The number of rotatable bonds is 10. The Balaban J connectivity index is 3.03. The molecule has 0 fully saturated rings. The van der Waals surface area contributed by atoms with E-state index >= 15 is 0 Å². The largest absolute Gasteiger partial charge is 0.353 e. The zero-order valence-corrected chi connectivity index (χ0v) is 18.7. The maximum atomic E-state index is 13.2. The molecule has 0 aliphatic carbocycles. The summed E-state index contributed by atoms with van der Waals surface area (Å²) in [5, 5.41) is 0. The third-order valence-electron chi connectivity index (χ3n) is 4.94. The summed E-state index contributed by atoms with van der Waals surface area (Å²) in [5.74, 6) is 0.486. The van der Waals surface area contributed by atoms with E-state index in [1.807, 2.05) is 62.5 Å². The first-order valence-corrected chi connectivity index (χ1v) is 10.3. The standard InChI is InChI=1S/C21H36ClN3O2/c1-8-17(4)25(20(27)21(5,6)15-22)14-19(26)24(12-16(2)3)13-18-10-9-11-23(18)7/h9-11,16-17H,8,12-15H2,1-7H3. The van der Waals surface area contributed by atoms with Gasteiger partial charge in [-0.3, -0.25) is 9.59 Å². The molecule has 0 N–H and O–H groups in total. The second kappa shape index (κ2) is 10.2. The predicted molar refractivity (Wildman–Crippen MR) is 112 cm³/mol. The zero-order valence-electron chi connectivity index (χ0n) is 18.0. The number of aryl methyl sites for hydroxylation is 1. The van der Waals surface area contributed by atoms with Crippen molar-refractivity contribution in [3.8, 4) is 0 Å². The number of amides is 2. The lowest BCUT2D eigenvalue weighted by atomic mass is 9.93. The molecule has 0 aliphatic rings. The third kappa shape index (κ3) is 6.56. The highest BCUT2D eigenvalue weighted by Crippen LogP contribution is 2.23. The number of hydrogen-bond acceptors (Lipinski definition) is 2. The highest BCUT2D eigenvalue weighted by Gasteiger charge is 2.35. The maximum absolute atomic E-state index is 13.2. The molecular formula is C21H36ClN3O2. The molecule has 1 aromatic heterocycles. The van der Waals surface area contributed by atoms with Gasteiger partial charge in [0.2, 0.25) is 11.8 Å². The Morgan fingerprint density at radius 2 is 1.89 bits per heavy atom. The summed E-state index contributed by atoms with van der Waals surface area (Å²) in [7, 11) is 1.98. The van der Waals surface area contributed by atoms with E-state index in [2.05, 4.69) is 13.8 Å². The molecule has 1 aromatic rings. The average molecular weight is 398 g/mol. The second-order valence-corrected chi connectivity index (χ2v) is 8.75. The van der Waals surface area contributed by atoms with Crippen LogP contribution in [0.15, 0.2) is 18.3 Å². The Labute approximate surface area is 169 Å². The van der Waals surface area contributed by atoms with Crippen LogP contribution in [0.1, 0.15) is 53.7 Å². The minimum Gasteiger partial charge on any atom is -0.353 e. The number of alkyl halides is 1. The fourth-order valence-electron chi connectivity index (χ4n) is 2.89. The first kappa shape index (κ1) is 23.5. The van der Waals surface area contributed by atoms with Gasteiger partial charge < -0.3 is 14.4 Å². The van der Waals surface area contributed by atoms with Gasteiger partial charge in [-0.25, -0.2) is 0 Å². The number of carbonyl (C=O) groups is 2. The molecule has 1 unspecified atom stereocenters. The van der Waals surface area contributed by atoms with Crippen molar-refractivity contribution >= 4 is 23.4 Å². The van der Waals surface area contributed by atoms with Gasteiger partial charge in [0.05, 0.1) is 12.0 Å². The summed E-state index contributed by atoms with van der Waals surface area (Å²) < 4.78 is 2.02. The Kier molecular flexibility index (Phi) is 8.86. The van der Waals surface area contributed by atoms with Crippen molar-refractivity contribution in [2.45, 2.75) is 60.5 Å². The number of halogens is 1.